The number of carbonyl (C=O) groups excluding carboxylic acids is 2. The molecular weight excluding hydrogens is 372 g/mol. The van der Waals surface area contributed by atoms with E-state index < -0.39 is 18.0 Å². The lowest BCUT2D eigenvalue weighted by atomic mass is 10.2. The highest BCUT2D eigenvalue weighted by atomic mass is 79.9. The van der Waals surface area contributed by atoms with Crippen LogP contribution in [0.4, 0.5) is 5.82 Å². The highest BCUT2D eigenvalue weighted by Gasteiger charge is 2.20. The summed E-state index contributed by atoms with van der Waals surface area (Å²) >= 11 is 8.97. The largest absolute Gasteiger partial charge is 0.449 e. The van der Waals surface area contributed by atoms with Crippen molar-refractivity contribution in [3.05, 3.63) is 57.7 Å². The number of hydrogen-bond donors (Lipinski definition) is 1. The third-order valence-electron chi connectivity index (χ3n) is 2.73. The highest BCUT2D eigenvalue weighted by Crippen LogP contribution is 2.17. The lowest BCUT2D eigenvalue weighted by molar-refractivity contribution is -0.123. The van der Waals surface area contributed by atoms with E-state index in [0.29, 0.717) is 20.9 Å². The third kappa shape index (κ3) is 4.29. The minimum absolute atomic E-state index is 0.332. The lowest BCUT2D eigenvalue weighted by Gasteiger charge is -2.13. The second-order valence-corrected chi connectivity index (χ2v) is 5.67. The first-order chi connectivity index (χ1) is 10.5. The summed E-state index contributed by atoms with van der Waals surface area (Å²) in [6.07, 6.45) is 0.451. The SMILES string of the molecule is CC(OC(=O)c1ccccc1Br)C(=O)Nc1ccc(Cl)cn1. The van der Waals surface area contributed by atoms with E-state index in [1.54, 1.807) is 36.4 Å². The standard InChI is InChI=1S/C15H12BrClN2O3/c1-9(14(20)19-13-7-6-10(17)8-18-13)22-15(21)11-4-2-3-5-12(11)16/h2-9H,1H3,(H,18,19,20). The minimum atomic E-state index is -0.961. The second-order valence-electron chi connectivity index (χ2n) is 4.38. The van der Waals surface area contributed by atoms with E-state index in [4.69, 9.17) is 16.3 Å². The molecule has 1 heterocycles. The van der Waals surface area contributed by atoms with Gasteiger partial charge in [0.2, 0.25) is 0 Å². The van der Waals surface area contributed by atoms with Crippen LogP contribution in [0.3, 0.4) is 0 Å². The van der Waals surface area contributed by atoms with Gasteiger partial charge in [0.1, 0.15) is 5.82 Å². The molecule has 1 amide bonds. The predicted octanol–water partition coefficient (Wildman–Crippen LogP) is 3.68. The van der Waals surface area contributed by atoms with Crippen LogP contribution < -0.4 is 5.32 Å². The van der Waals surface area contributed by atoms with Crippen molar-refractivity contribution in [2.75, 3.05) is 5.32 Å². The molecule has 0 saturated heterocycles. The molecule has 0 bridgehead atoms. The number of hydrogen-bond acceptors (Lipinski definition) is 4. The molecule has 0 aliphatic rings. The fourth-order valence-electron chi connectivity index (χ4n) is 1.58. The van der Waals surface area contributed by atoms with Crippen LogP contribution in [-0.4, -0.2) is 23.0 Å². The Morgan fingerprint density at radius 2 is 2.00 bits per heavy atom. The number of benzene rings is 1. The Hall–Kier alpha value is -1.92. The number of ether oxygens (including phenoxy) is 1. The number of aromatic nitrogens is 1. The number of rotatable bonds is 4. The minimum Gasteiger partial charge on any atom is -0.449 e. The molecule has 1 unspecified atom stereocenters. The average Bonchev–Trinajstić information content (AvgIpc) is 2.49. The van der Waals surface area contributed by atoms with Gasteiger partial charge in [-0.15, -0.1) is 0 Å². The van der Waals surface area contributed by atoms with Gasteiger partial charge < -0.3 is 10.1 Å². The van der Waals surface area contributed by atoms with Crippen LogP contribution in [0.25, 0.3) is 0 Å². The van der Waals surface area contributed by atoms with Gasteiger partial charge in [-0.25, -0.2) is 9.78 Å². The first-order valence-electron chi connectivity index (χ1n) is 6.35. The molecule has 1 aromatic heterocycles. The van der Waals surface area contributed by atoms with Crippen LogP contribution in [0.2, 0.25) is 5.02 Å². The fraction of sp³-hybridized carbons (Fsp3) is 0.133. The number of carbonyl (C=O) groups is 2. The number of pyridine rings is 1. The molecule has 114 valence electrons. The van der Waals surface area contributed by atoms with Gasteiger partial charge in [0, 0.05) is 10.7 Å². The fourth-order valence-corrected chi connectivity index (χ4v) is 2.14. The summed E-state index contributed by atoms with van der Waals surface area (Å²) in [7, 11) is 0. The molecular formula is C15H12BrClN2O3. The summed E-state index contributed by atoms with van der Waals surface area (Å²) in [4.78, 5) is 27.9. The number of amides is 1. The van der Waals surface area contributed by atoms with E-state index in [2.05, 4.69) is 26.2 Å². The van der Waals surface area contributed by atoms with Crippen LogP contribution in [0.15, 0.2) is 47.1 Å². The molecule has 0 spiro atoms. The van der Waals surface area contributed by atoms with Gasteiger partial charge in [-0.3, -0.25) is 4.79 Å². The van der Waals surface area contributed by atoms with Crippen molar-refractivity contribution >= 4 is 45.2 Å². The Balaban J connectivity index is 1.98. The van der Waals surface area contributed by atoms with E-state index in [-0.39, 0.29) is 0 Å². The molecule has 5 nitrogen and oxygen atoms in total. The molecule has 1 N–H and O–H groups in total. The number of halogens is 2. The summed E-state index contributed by atoms with van der Waals surface area (Å²) in [5, 5.41) is 3.01. The summed E-state index contributed by atoms with van der Waals surface area (Å²) < 4.78 is 5.74. The molecule has 0 fully saturated rings. The zero-order valence-corrected chi connectivity index (χ0v) is 13.9. The van der Waals surface area contributed by atoms with Crippen LogP contribution in [0, 0.1) is 0 Å². The lowest BCUT2D eigenvalue weighted by Crippen LogP contribution is -2.30. The Morgan fingerprint density at radius 3 is 2.64 bits per heavy atom. The zero-order valence-electron chi connectivity index (χ0n) is 11.5. The molecule has 7 heteroatoms. The van der Waals surface area contributed by atoms with Gasteiger partial charge >= 0.3 is 5.97 Å². The van der Waals surface area contributed by atoms with Crippen molar-refractivity contribution in [2.45, 2.75) is 13.0 Å². The van der Waals surface area contributed by atoms with Gasteiger partial charge in [-0.2, -0.15) is 0 Å². The molecule has 0 saturated carbocycles. The van der Waals surface area contributed by atoms with Crippen LogP contribution >= 0.6 is 27.5 Å². The summed E-state index contributed by atoms with van der Waals surface area (Å²) in [6.45, 7) is 1.49. The normalized spacial score (nSPS) is 11.6. The van der Waals surface area contributed by atoms with E-state index in [1.807, 2.05) is 0 Å². The highest BCUT2D eigenvalue weighted by molar-refractivity contribution is 9.10. The third-order valence-corrected chi connectivity index (χ3v) is 3.64. The maximum atomic E-state index is 12.0. The van der Waals surface area contributed by atoms with E-state index in [9.17, 15) is 9.59 Å². The molecule has 2 aromatic rings. The number of anilines is 1. The Kier molecular flexibility index (Phi) is 5.51. The molecule has 0 aliphatic heterocycles. The molecule has 0 aliphatic carbocycles. The van der Waals surface area contributed by atoms with Gasteiger partial charge in [0.05, 0.1) is 10.6 Å². The maximum Gasteiger partial charge on any atom is 0.340 e. The number of nitrogens with zero attached hydrogens (tertiary/aromatic N) is 1. The first kappa shape index (κ1) is 16.5. The monoisotopic (exact) mass is 382 g/mol. The van der Waals surface area contributed by atoms with Crippen molar-refractivity contribution in [3.63, 3.8) is 0 Å². The maximum absolute atomic E-state index is 12.0. The number of esters is 1. The quantitative estimate of drug-likeness (QED) is 0.818. The van der Waals surface area contributed by atoms with Crippen LogP contribution in [-0.2, 0) is 9.53 Å². The van der Waals surface area contributed by atoms with E-state index in [1.165, 1.54) is 13.1 Å². The van der Waals surface area contributed by atoms with Gasteiger partial charge in [0.15, 0.2) is 6.10 Å². The van der Waals surface area contributed by atoms with Gasteiger partial charge in [0.25, 0.3) is 5.91 Å². The smallest absolute Gasteiger partial charge is 0.340 e. The van der Waals surface area contributed by atoms with E-state index >= 15 is 0 Å². The first-order valence-corrected chi connectivity index (χ1v) is 7.52. The Labute approximate surface area is 140 Å². The summed E-state index contributed by atoms with van der Waals surface area (Å²) in [5.41, 5.74) is 0.353. The van der Waals surface area contributed by atoms with Crippen molar-refractivity contribution < 1.29 is 14.3 Å². The molecule has 1 aromatic carbocycles. The molecule has 2 rings (SSSR count). The Morgan fingerprint density at radius 1 is 1.27 bits per heavy atom. The molecule has 22 heavy (non-hydrogen) atoms. The second kappa shape index (κ2) is 7.38. The van der Waals surface area contributed by atoms with Gasteiger partial charge in [-0.05, 0) is 47.1 Å². The Bertz CT molecular complexity index is 691. The van der Waals surface area contributed by atoms with Crippen molar-refractivity contribution in [3.8, 4) is 0 Å². The summed E-state index contributed by atoms with van der Waals surface area (Å²) in [5.74, 6) is -0.729. The van der Waals surface area contributed by atoms with E-state index in [0.717, 1.165) is 0 Å². The number of nitrogens with one attached hydrogen (secondary N) is 1. The van der Waals surface area contributed by atoms with Crippen molar-refractivity contribution in [1.82, 2.24) is 4.98 Å². The summed E-state index contributed by atoms with van der Waals surface area (Å²) in [6, 6.07) is 9.98. The van der Waals surface area contributed by atoms with Gasteiger partial charge in [-0.1, -0.05) is 23.7 Å². The van der Waals surface area contributed by atoms with Crippen LogP contribution in [0.5, 0.6) is 0 Å². The zero-order chi connectivity index (χ0) is 16.1. The van der Waals surface area contributed by atoms with Crippen molar-refractivity contribution in [2.24, 2.45) is 0 Å². The molecule has 1 atom stereocenters. The predicted molar refractivity (Wildman–Crippen MR) is 86.9 cm³/mol. The average molecular weight is 384 g/mol. The molecule has 0 radical (unpaired) electrons. The van der Waals surface area contributed by atoms with Crippen molar-refractivity contribution in [1.29, 1.82) is 0 Å². The topological polar surface area (TPSA) is 68.3 Å². The van der Waals surface area contributed by atoms with Crippen LogP contribution in [0.1, 0.15) is 17.3 Å².